The number of pyridine rings is 1. The molecule has 2 aromatic carbocycles. The van der Waals surface area contributed by atoms with Gasteiger partial charge in [-0.3, -0.25) is 4.98 Å². The highest BCUT2D eigenvalue weighted by Crippen LogP contribution is 2.40. The molecular formula is C23H23N3O3S. The molecule has 0 amide bonds. The lowest BCUT2D eigenvalue weighted by atomic mass is 9.75. The average Bonchev–Trinajstić information content (AvgIpc) is 2.80. The molecule has 1 aromatic heterocycles. The lowest BCUT2D eigenvalue weighted by Gasteiger charge is -2.54. The first-order valence-corrected chi connectivity index (χ1v) is 11.4. The maximum absolute atomic E-state index is 13.2. The van der Waals surface area contributed by atoms with Crippen LogP contribution >= 0.6 is 0 Å². The van der Waals surface area contributed by atoms with E-state index in [4.69, 9.17) is 4.74 Å². The molecule has 3 aliphatic rings. The fraction of sp³-hybridized carbons (Fsp3) is 0.261. The highest BCUT2D eigenvalue weighted by atomic mass is 32.2. The van der Waals surface area contributed by atoms with Gasteiger partial charge in [-0.2, -0.15) is 4.31 Å². The number of nitrogens with one attached hydrogen (secondary N) is 1. The van der Waals surface area contributed by atoms with Crippen LogP contribution in [-0.4, -0.2) is 50.0 Å². The Morgan fingerprint density at radius 2 is 1.57 bits per heavy atom. The topological polar surface area (TPSA) is 71.5 Å². The summed E-state index contributed by atoms with van der Waals surface area (Å²) >= 11 is 0. The molecule has 30 heavy (non-hydrogen) atoms. The van der Waals surface area contributed by atoms with Gasteiger partial charge in [0.15, 0.2) is 0 Å². The lowest BCUT2D eigenvalue weighted by molar-refractivity contribution is 0.101. The van der Waals surface area contributed by atoms with Crippen molar-refractivity contribution in [1.82, 2.24) is 14.6 Å². The lowest BCUT2D eigenvalue weighted by Crippen LogP contribution is -2.72. The van der Waals surface area contributed by atoms with Crippen LogP contribution in [0.3, 0.4) is 0 Å². The number of aromatic nitrogens is 1. The summed E-state index contributed by atoms with van der Waals surface area (Å²) in [5.74, 6) is 0.702. The zero-order valence-electron chi connectivity index (χ0n) is 16.6. The minimum absolute atomic E-state index is 0.111. The number of nitrogens with zero attached hydrogens (tertiary/aromatic N) is 2. The van der Waals surface area contributed by atoms with Gasteiger partial charge in [-0.05, 0) is 41.0 Å². The number of benzene rings is 2. The Labute approximate surface area is 176 Å². The summed E-state index contributed by atoms with van der Waals surface area (Å²) in [7, 11) is -2.10. The van der Waals surface area contributed by atoms with Crippen molar-refractivity contribution in [3.8, 4) is 16.9 Å². The molecular weight excluding hydrogens is 398 g/mol. The number of piperazine rings is 1. The quantitative estimate of drug-likeness (QED) is 0.686. The third-order valence-corrected chi connectivity index (χ3v) is 7.96. The molecule has 4 heterocycles. The number of rotatable bonds is 5. The monoisotopic (exact) mass is 421 g/mol. The van der Waals surface area contributed by atoms with E-state index in [0.29, 0.717) is 24.8 Å². The molecule has 3 saturated heterocycles. The Hall–Kier alpha value is -2.74. The number of hydrogen-bond acceptors (Lipinski definition) is 5. The summed E-state index contributed by atoms with van der Waals surface area (Å²) in [6.07, 6.45) is 3.58. The number of fused-ring (bicyclic) bond motifs is 2. The van der Waals surface area contributed by atoms with E-state index < -0.39 is 10.0 Å². The standard InChI is InChI=1S/C23H23N3O3S/c1-29-21-4-2-3-5-22(21)30(27,28)26-14-19-23(20(15-26)25-19)18-8-6-16(7-9-18)17-10-12-24-13-11-17/h2-13,19-20,23,25H,14-15H2,1H3/t19-,20+,23?. The van der Waals surface area contributed by atoms with Gasteiger partial charge in [0.2, 0.25) is 10.0 Å². The molecule has 3 aliphatic heterocycles. The fourth-order valence-electron chi connectivity index (χ4n) is 4.56. The van der Waals surface area contributed by atoms with Crippen molar-refractivity contribution >= 4 is 10.0 Å². The molecule has 3 fully saturated rings. The Morgan fingerprint density at radius 1 is 0.933 bits per heavy atom. The van der Waals surface area contributed by atoms with Crippen LogP contribution < -0.4 is 10.1 Å². The SMILES string of the molecule is COc1ccccc1S(=O)(=O)N1C[C@@H]2N[C@H](C1)C2c1ccc(-c2ccncc2)cc1. The Kier molecular flexibility index (Phi) is 4.81. The van der Waals surface area contributed by atoms with Gasteiger partial charge in [0.1, 0.15) is 10.6 Å². The predicted octanol–water partition coefficient (Wildman–Crippen LogP) is 2.89. The molecule has 6 nitrogen and oxygen atoms in total. The van der Waals surface area contributed by atoms with Gasteiger partial charge in [0.05, 0.1) is 7.11 Å². The minimum Gasteiger partial charge on any atom is -0.495 e. The van der Waals surface area contributed by atoms with Crippen molar-refractivity contribution in [3.63, 3.8) is 0 Å². The highest BCUT2D eigenvalue weighted by molar-refractivity contribution is 7.89. The van der Waals surface area contributed by atoms with Crippen LogP contribution in [-0.2, 0) is 10.0 Å². The van der Waals surface area contributed by atoms with Gasteiger partial charge >= 0.3 is 0 Å². The van der Waals surface area contributed by atoms with Crippen molar-refractivity contribution in [2.45, 2.75) is 22.9 Å². The van der Waals surface area contributed by atoms with Crippen LogP contribution in [0.25, 0.3) is 11.1 Å². The number of para-hydroxylation sites is 1. The third-order valence-electron chi connectivity index (χ3n) is 6.09. The Balaban J connectivity index is 1.34. The van der Waals surface area contributed by atoms with Gasteiger partial charge in [-0.15, -0.1) is 0 Å². The van der Waals surface area contributed by atoms with E-state index in [9.17, 15) is 8.42 Å². The summed E-state index contributed by atoms with van der Waals surface area (Å²) in [4.78, 5) is 4.30. The first kappa shape index (κ1) is 19.2. The normalized spacial score (nSPS) is 23.6. The van der Waals surface area contributed by atoms with Crippen LogP contribution in [0.2, 0.25) is 0 Å². The number of hydrogen-bond donors (Lipinski definition) is 1. The van der Waals surface area contributed by atoms with E-state index in [1.807, 2.05) is 12.1 Å². The molecule has 7 heteroatoms. The molecule has 154 valence electrons. The van der Waals surface area contributed by atoms with E-state index >= 15 is 0 Å². The predicted molar refractivity (Wildman–Crippen MR) is 115 cm³/mol. The van der Waals surface area contributed by atoms with Crippen LogP contribution in [0.5, 0.6) is 5.75 Å². The van der Waals surface area contributed by atoms with Crippen molar-refractivity contribution in [2.24, 2.45) is 0 Å². The smallest absolute Gasteiger partial charge is 0.246 e. The molecule has 0 saturated carbocycles. The van der Waals surface area contributed by atoms with E-state index in [-0.39, 0.29) is 17.0 Å². The second-order valence-electron chi connectivity index (χ2n) is 7.74. The number of piperidine rings is 1. The molecule has 3 aromatic rings. The van der Waals surface area contributed by atoms with Crippen LogP contribution in [0.4, 0.5) is 0 Å². The van der Waals surface area contributed by atoms with Crippen molar-refractivity contribution in [1.29, 1.82) is 0 Å². The molecule has 1 unspecified atom stereocenters. The molecule has 2 bridgehead atoms. The van der Waals surface area contributed by atoms with Crippen LogP contribution in [0.15, 0.2) is 78.0 Å². The highest BCUT2D eigenvalue weighted by Gasteiger charge is 2.50. The van der Waals surface area contributed by atoms with E-state index in [1.165, 1.54) is 12.7 Å². The molecule has 0 radical (unpaired) electrons. The van der Waals surface area contributed by atoms with Gasteiger partial charge in [-0.25, -0.2) is 8.42 Å². The van der Waals surface area contributed by atoms with Gasteiger partial charge in [0, 0.05) is 43.5 Å². The summed E-state index contributed by atoms with van der Waals surface area (Å²) < 4.78 is 33.2. The Morgan fingerprint density at radius 3 is 2.23 bits per heavy atom. The minimum atomic E-state index is -3.59. The Bertz CT molecular complexity index is 1140. The summed E-state index contributed by atoms with van der Waals surface area (Å²) in [6, 6.07) is 19.6. The molecule has 0 aliphatic carbocycles. The molecule has 3 atom stereocenters. The number of ether oxygens (including phenoxy) is 1. The van der Waals surface area contributed by atoms with Crippen molar-refractivity contribution in [3.05, 3.63) is 78.6 Å². The van der Waals surface area contributed by atoms with Gasteiger partial charge < -0.3 is 10.1 Å². The molecule has 1 N–H and O–H groups in total. The van der Waals surface area contributed by atoms with E-state index in [1.54, 1.807) is 41.0 Å². The maximum atomic E-state index is 13.2. The second-order valence-corrected chi connectivity index (χ2v) is 9.64. The molecule has 6 rings (SSSR count). The van der Waals surface area contributed by atoms with Crippen LogP contribution in [0, 0.1) is 0 Å². The zero-order chi connectivity index (χ0) is 20.7. The van der Waals surface area contributed by atoms with Crippen molar-refractivity contribution in [2.75, 3.05) is 20.2 Å². The number of sulfonamides is 1. The average molecular weight is 422 g/mol. The van der Waals surface area contributed by atoms with Crippen LogP contribution in [0.1, 0.15) is 11.5 Å². The summed E-state index contributed by atoms with van der Waals surface area (Å²) in [6.45, 7) is 0.904. The summed E-state index contributed by atoms with van der Waals surface area (Å²) in [5, 5.41) is 3.51. The summed E-state index contributed by atoms with van der Waals surface area (Å²) in [5.41, 5.74) is 3.53. The van der Waals surface area contributed by atoms with Gasteiger partial charge in [0.25, 0.3) is 0 Å². The van der Waals surface area contributed by atoms with E-state index in [0.717, 1.165) is 11.1 Å². The third kappa shape index (κ3) is 3.19. The first-order valence-electron chi connectivity index (χ1n) is 9.97. The second kappa shape index (κ2) is 7.50. The largest absolute Gasteiger partial charge is 0.495 e. The maximum Gasteiger partial charge on any atom is 0.246 e. The zero-order valence-corrected chi connectivity index (χ0v) is 17.4. The first-order chi connectivity index (χ1) is 14.6. The van der Waals surface area contributed by atoms with E-state index in [2.05, 4.69) is 34.6 Å². The fourth-order valence-corrected chi connectivity index (χ4v) is 6.21. The van der Waals surface area contributed by atoms with Crippen molar-refractivity contribution < 1.29 is 13.2 Å². The molecule has 0 spiro atoms. The van der Waals surface area contributed by atoms with Gasteiger partial charge in [-0.1, -0.05) is 36.4 Å². The number of methoxy groups -OCH3 is 1.